The molecule has 2 aromatic carbocycles. The van der Waals surface area contributed by atoms with Crippen LogP contribution in [-0.4, -0.2) is 14.2 Å². The Bertz CT molecular complexity index is 302. The van der Waals surface area contributed by atoms with E-state index in [1.807, 2.05) is 48.5 Å². The van der Waals surface area contributed by atoms with Crippen LogP contribution in [0, 0.1) is 0 Å². The average Bonchev–Trinajstić information content (AvgIpc) is 2.92. The summed E-state index contributed by atoms with van der Waals surface area (Å²) in [6, 6.07) is 16.2. The van der Waals surface area contributed by atoms with E-state index in [1.165, 1.54) is 11.1 Å². The number of ether oxygens (including phenoxy) is 2. The molecule has 0 bridgehead atoms. The SMILES string of the molecule is COC[c-]1[cH-][cH-][cH-][cH-]1.COC[c-]1cccc1.[Fe]. The van der Waals surface area contributed by atoms with Crippen LogP contribution in [0.25, 0.3) is 0 Å². The maximum absolute atomic E-state index is 4.89. The first-order valence-electron chi connectivity index (χ1n) is 5.26. The molecule has 0 aliphatic rings. The zero-order valence-corrected chi connectivity index (χ0v) is 11.3. The minimum absolute atomic E-state index is 0. The second-order valence-electron chi connectivity index (χ2n) is 3.45. The first-order chi connectivity index (χ1) is 7.86. The molecule has 0 atom stereocenters. The molecule has 0 saturated carbocycles. The Morgan fingerprint density at radius 1 is 0.941 bits per heavy atom. The minimum atomic E-state index is 0. The van der Waals surface area contributed by atoms with Gasteiger partial charge in [-0.2, -0.15) is 12.1 Å². The van der Waals surface area contributed by atoms with E-state index >= 15 is 0 Å². The molecule has 0 aliphatic heterocycles. The van der Waals surface area contributed by atoms with Crippen molar-refractivity contribution in [2.75, 3.05) is 14.2 Å². The Hall–Kier alpha value is -0.861. The van der Waals surface area contributed by atoms with Gasteiger partial charge < -0.3 is 39.3 Å². The van der Waals surface area contributed by atoms with Gasteiger partial charge in [0.1, 0.15) is 0 Å². The predicted molar refractivity (Wildman–Crippen MR) is 65.5 cm³/mol. The summed E-state index contributed by atoms with van der Waals surface area (Å²) in [5, 5.41) is 0. The fourth-order valence-electron chi connectivity index (χ4n) is 1.35. The predicted octanol–water partition coefficient (Wildman–Crippen LogP) is 3.10. The van der Waals surface area contributed by atoms with Gasteiger partial charge in [0.2, 0.25) is 0 Å². The van der Waals surface area contributed by atoms with Crippen LogP contribution in [0.5, 0.6) is 0 Å². The van der Waals surface area contributed by atoms with Crippen molar-refractivity contribution >= 4 is 0 Å². The van der Waals surface area contributed by atoms with E-state index in [0.29, 0.717) is 0 Å². The van der Waals surface area contributed by atoms with Gasteiger partial charge in [0, 0.05) is 37.9 Å². The van der Waals surface area contributed by atoms with Crippen LogP contribution < -0.4 is 0 Å². The summed E-state index contributed by atoms with van der Waals surface area (Å²) in [5.41, 5.74) is 2.49. The van der Waals surface area contributed by atoms with E-state index in [2.05, 4.69) is 0 Å². The molecule has 2 nitrogen and oxygen atoms in total. The third-order valence-corrected chi connectivity index (χ3v) is 2.09. The molecule has 0 aliphatic carbocycles. The van der Waals surface area contributed by atoms with Crippen LogP contribution in [0.3, 0.4) is 0 Å². The third kappa shape index (κ3) is 7.14. The van der Waals surface area contributed by atoms with Crippen LogP contribution in [0.2, 0.25) is 0 Å². The van der Waals surface area contributed by atoms with Crippen LogP contribution in [0.4, 0.5) is 0 Å². The van der Waals surface area contributed by atoms with Crippen molar-refractivity contribution in [1.82, 2.24) is 0 Å². The topological polar surface area (TPSA) is 18.5 Å². The van der Waals surface area contributed by atoms with Gasteiger partial charge >= 0.3 is 0 Å². The summed E-state index contributed by atoms with van der Waals surface area (Å²) >= 11 is 0. The monoisotopic (exact) mass is 274 g/mol. The second kappa shape index (κ2) is 10.3. The van der Waals surface area contributed by atoms with Crippen molar-refractivity contribution in [3.63, 3.8) is 0 Å². The Morgan fingerprint density at radius 3 is 1.94 bits per heavy atom. The molecule has 0 unspecified atom stereocenters. The molecule has 0 saturated heterocycles. The standard InChI is InChI=1S/2C7H9O.Fe/c2*1-8-6-7-4-2-3-5-7;/h2*2-5H,6H2,1H3;/q-5;-1;. The van der Waals surface area contributed by atoms with Crippen molar-refractivity contribution in [2.45, 2.75) is 13.2 Å². The van der Waals surface area contributed by atoms with Crippen molar-refractivity contribution in [1.29, 1.82) is 0 Å². The first kappa shape index (κ1) is 16.1. The minimum Gasteiger partial charge on any atom is -0.747 e. The molecular formula is C14H18FeO2-6. The fraction of sp³-hybridized carbons (Fsp3) is 0.286. The van der Waals surface area contributed by atoms with Gasteiger partial charge in [0.05, 0.1) is 0 Å². The van der Waals surface area contributed by atoms with E-state index in [1.54, 1.807) is 14.2 Å². The summed E-state index contributed by atoms with van der Waals surface area (Å²) in [5.74, 6) is 0. The van der Waals surface area contributed by atoms with Gasteiger partial charge in [0.15, 0.2) is 0 Å². The van der Waals surface area contributed by atoms with Crippen molar-refractivity contribution < 1.29 is 26.5 Å². The van der Waals surface area contributed by atoms with Crippen LogP contribution >= 0.6 is 0 Å². The molecule has 0 N–H and O–H groups in total. The normalized spacial score (nSPS) is 9.06. The van der Waals surface area contributed by atoms with Crippen LogP contribution in [-0.2, 0) is 39.8 Å². The van der Waals surface area contributed by atoms with Crippen LogP contribution in [0.15, 0.2) is 48.5 Å². The molecule has 0 aromatic heterocycles. The van der Waals surface area contributed by atoms with Gasteiger partial charge in [0.25, 0.3) is 0 Å². The summed E-state index contributed by atoms with van der Waals surface area (Å²) in [4.78, 5) is 0. The van der Waals surface area contributed by atoms with Gasteiger partial charge in [-0.05, 0) is 0 Å². The molecule has 17 heavy (non-hydrogen) atoms. The van der Waals surface area contributed by atoms with Crippen LogP contribution in [0.1, 0.15) is 11.1 Å². The summed E-state index contributed by atoms with van der Waals surface area (Å²) in [6.07, 6.45) is 0. The molecule has 2 rings (SSSR count). The Labute approximate surface area is 114 Å². The maximum Gasteiger partial charge on any atom is 0.0345 e. The molecule has 3 heteroatoms. The van der Waals surface area contributed by atoms with Gasteiger partial charge in [-0.1, -0.05) is 0 Å². The largest absolute Gasteiger partial charge is 0.747 e. The third-order valence-electron chi connectivity index (χ3n) is 2.09. The van der Waals surface area contributed by atoms with E-state index in [9.17, 15) is 0 Å². The molecule has 0 radical (unpaired) electrons. The number of methoxy groups -OCH3 is 2. The zero-order chi connectivity index (χ0) is 11.6. The van der Waals surface area contributed by atoms with Crippen molar-refractivity contribution in [3.05, 3.63) is 59.7 Å². The fourth-order valence-corrected chi connectivity index (χ4v) is 1.35. The van der Waals surface area contributed by atoms with Gasteiger partial charge in [-0.25, -0.2) is 12.1 Å². The molecular weight excluding hydrogens is 256 g/mol. The van der Waals surface area contributed by atoms with E-state index in [0.717, 1.165) is 13.2 Å². The van der Waals surface area contributed by atoms with E-state index in [4.69, 9.17) is 9.47 Å². The summed E-state index contributed by atoms with van der Waals surface area (Å²) in [7, 11) is 3.40. The summed E-state index contributed by atoms with van der Waals surface area (Å²) < 4.78 is 9.77. The average molecular weight is 274 g/mol. The molecule has 0 heterocycles. The van der Waals surface area contributed by atoms with Crippen molar-refractivity contribution in [3.8, 4) is 0 Å². The first-order valence-corrected chi connectivity index (χ1v) is 5.26. The molecule has 0 amide bonds. The molecule has 2 aromatic rings. The maximum atomic E-state index is 4.89. The Balaban J connectivity index is 0.000000284. The summed E-state index contributed by atoms with van der Waals surface area (Å²) in [6.45, 7) is 1.46. The molecule has 0 spiro atoms. The van der Waals surface area contributed by atoms with Crippen molar-refractivity contribution in [2.24, 2.45) is 0 Å². The molecule has 0 fully saturated rings. The Morgan fingerprint density at radius 2 is 1.47 bits per heavy atom. The smallest absolute Gasteiger partial charge is 0.0345 e. The van der Waals surface area contributed by atoms with E-state index in [-0.39, 0.29) is 17.1 Å². The quantitative estimate of drug-likeness (QED) is 0.630. The molecule has 100 valence electrons. The Kier molecular flexibility index (Phi) is 9.78. The number of hydrogen-bond donors (Lipinski definition) is 0. The van der Waals surface area contributed by atoms with Gasteiger partial charge in [-0.15, -0.1) is 12.2 Å². The zero-order valence-electron chi connectivity index (χ0n) is 10.2. The van der Waals surface area contributed by atoms with E-state index < -0.39 is 0 Å². The van der Waals surface area contributed by atoms with Gasteiger partial charge in [-0.3, -0.25) is 0 Å². The second-order valence-corrected chi connectivity index (χ2v) is 3.45. The number of hydrogen-bond acceptors (Lipinski definition) is 2. The number of rotatable bonds is 4.